The highest BCUT2D eigenvalue weighted by Crippen LogP contribution is 2.27. The first-order valence-electron chi connectivity index (χ1n) is 4.88. The Hall–Kier alpha value is -0.740. The summed E-state index contributed by atoms with van der Waals surface area (Å²) in [6.07, 6.45) is 2.73. The van der Waals surface area contributed by atoms with E-state index in [1.165, 1.54) is 11.3 Å². The van der Waals surface area contributed by atoms with Crippen LogP contribution in [0.5, 0.6) is 0 Å². The summed E-state index contributed by atoms with van der Waals surface area (Å²) in [5.41, 5.74) is 6.41. The van der Waals surface area contributed by atoms with Crippen LogP contribution in [-0.2, 0) is 0 Å². The molecule has 76 valence electrons. The number of aryl methyl sites for hydroxylation is 1. The highest BCUT2D eigenvalue weighted by atomic mass is 32.1. The Bertz CT molecular complexity index is 348. The van der Waals surface area contributed by atoms with Crippen LogP contribution in [0.4, 0.5) is 0 Å². The normalized spacial score (nSPS) is 26.7. The van der Waals surface area contributed by atoms with E-state index in [2.05, 4.69) is 4.98 Å². The predicted octanol–water partition coefficient (Wildman–Crippen LogP) is 1.76. The zero-order valence-corrected chi connectivity index (χ0v) is 9.01. The summed E-state index contributed by atoms with van der Waals surface area (Å²) in [7, 11) is 0. The lowest BCUT2D eigenvalue weighted by molar-refractivity contribution is 0.0917. The van der Waals surface area contributed by atoms with Crippen molar-refractivity contribution in [2.45, 2.75) is 32.2 Å². The second kappa shape index (κ2) is 3.79. The highest BCUT2D eigenvalue weighted by Gasteiger charge is 2.29. The molecular weight excluding hydrogens is 196 g/mol. The molecule has 0 aromatic carbocycles. The Morgan fingerprint density at radius 1 is 1.64 bits per heavy atom. The van der Waals surface area contributed by atoms with Gasteiger partial charge < -0.3 is 5.73 Å². The van der Waals surface area contributed by atoms with Crippen LogP contribution in [-0.4, -0.2) is 16.8 Å². The number of thiazole rings is 1. The van der Waals surface area contributed by atoms with Crippen molar-refractivity contribution < 1.29 is 4.79 Å². The molecule has 0 radical (unpaired) electrons. The first kappa shape index (κ1) is 9.80. The quantitative estimate of drug-likeness (QED) is 0.757. The Morgan fingerprint density at radius 2 is 2.43 bits per heavy atom. The lowest BCUT2D eigenvalue weighted by Crippen LogP contribution is -2.18. The molecule has 1 aliphatic rings. The van der Waals surface area contributed by atoms with Crippen molar-refractivity contribution >= 4 is 17.1 Å². The highest BCUT2D eigenvalue weighted by molar-refractivity contribution is 7.09. The zero-order chi connectivity index (χ0) is 10.1. The van der Waals surface area contributed by atoms with Crippen LogP contribution in [0.1, 0.15) is 34.8 Å². The third-order valence-electron chi connectivity index (χ3n) is 2.72. The Kier molecular flexibility index (Phi) is 2.65. The van der Waals surface area contributed by atoms with Crippen LogP contribution in [0.15, 0.2) is 5.38 Å². The fraction of sp³-hybridized carbons (Fsp3) is 0.600. The van der Waals surface area contributed by atoms with Crippen molar-refractivity contribution in [3.8, 4) is 0 Å². The standard InChI is InChI=1S/C10H14N2OS/c1-6-12-9(5-14-6)10(13)7-2-3-8(11)4-7/h5,7-8H,2-4,11H2,1H3. The largest absolute Gasteiger partial charge is 0.328 e. The van der Waals surface area contributed by atoms with Gasteiger partial charge in [-0.05, 0) is 26.2 Å². The molecule has 2 unspecified atom stereocenters. The Balaban J connectivity index is 2.09. The van der Waals surface area contributed by atoms with E-state index in [4.69, 9.17) is 5.73 Å². The third-order valence-corrected chi connectivity index (χ3v) is 3.49. The van der Waals surface area contributed by atoms with E-state index in [-0.39, 0.29) is 17.7 Å². The average Bonchev–Trinajstić information content (AvgIpc) is 2.73. The van der Waals surface area contributed by atoms with Crippen LogP contribution in [0.25, 0.3) is 0 Å². The summed E-state index contributed by atoms with van der Waals surface area (Å²) < 4.78 is 0. The molecule has 3 nitrogen and oxygen atoms in total. The average molecular weight is 210 g/mol. The molecule has 1 aromatic heterocycles. The monoisotopic (exact) mass is 210 g/mol. The maximum absolute atomic E-state index is 11.9. The minimum atomic E-state index is 0.117. The van der Waals surface area contributed by atoms with Crippen LogP contribution in [0.3, 0.4) is 0 Å². The van der Waals surface area contributed by atoms with E-state index < -0.39 is 0 Å². The maximum Gasteiger partial charge on any atom is 0.185 e. The Labute approximate surface area is 87.3 Å². The molecule has 0 saturated heterocycles. The summed E-state index contributed by atoms with van der Waals surface area (Å²) in [5.74, 6) is 0.300. The van der Waals surface area contributed by atoms with Gasteiger partial charge >= 0.3 is 0 Å². The molecule has 2 N–H and O–H groups in total. The van der Waals surface area contributed by atoms with Crippen molar-refractivity contribution in [2.75, 3.05) is 0 Å². The van der Waals surface area contributed by atoms with Crippen molar-refractivity contribution in [3.63, 3.8) is 0 Å². The minimum Gasteiger partial charge on any atom is -0.328 e. The molecule has 0 amide bonds. The molecule has 0 spiro atoms. The van der Waals surface area contributed by atoms with E-state index in [1.807, 2.05) is 12.3 Å². The van der Waals surface area contributed by atoms with Gasteiger partial charge in [-0.2, -0.15) is 0 Å². The van der Waals surface area contributed by atoms with Gasteiger partial charge in [0, 0.05) is 17.3 Å². The number of Topliss-reactive ketones (excluding diaryl/α,β-unsaturated/α-hetero) is 1. The van der Waals surface area contributed by atoms with Gasteiger partial charge in [-0.15, -0.1) is 11.3 Å². The van der Waals surface area contributed by atoms with Crippen molar-refractivity contribution in [3.05, 3.63) is 16.1 Å². The first-order chi connectivity index (χ1) is 6.66. The second-order valence-electron chi connectivity index (χ2n) is 3.89. The van der Waals surface area contributed by atoms with Crippen LogP contribution in [0.2, 0.25) is 0 Å². The topological polar surface area (TPSA) is 56.0 Å². The molecule has 2 rings (SSSR count). The number of nitrogens with zero attached hydrogens (tertiary/aromatic N) is 1. The molecule has 14 heavy (non-hydrogen) atoms. The molecule has 0 bridgehead atoms. The molecule has 0 aliphatic heterocycles. The first-order valence-corrected chi connectivity index (χ1v) is 5.76. The van der Waals surface area contributed by atoms with E-state index in [0.717, 1.165) is 24.3 Å². The molecule has 1 saturated carbocycles. The number of hydrogen-bond acceptors (Lipinski definition) is 4. The number of hydrogen-bond donors (Lipinski definition) is 1. The van der Waals surface area contributed by atoms with E-state index in [1.54, 1.807) is 0 Å². The lowest BCUT2D eigenvalue weighted by atomic mass is 10.0. The van der Waals surface area contributed by atoms with Gasteiger partial charge in [-0.3, -0.25) is 4.79 Å². The molecule has 1 heterocycles. The van der Waals surface area contributed by atoms with Gasteiger partial charge in [0.05, 0.1) is 5.01 Å². The fourth-order valence-corrected chi connectivity index (χ4v) is 2.54. The molecule has 1 fully saturated rings. The van der Waals surface area contributed by atoms with Crippen molar-refractivity contribution in [2.24, 2.45) is 11.7 Å². The maximum atomic E-state index is 11.9. The van der Waals surface area contributed by atoms with Gasteiger partial charge in [0.2, 0.25) is 0 Å². The predicted molar refractivity (Wildman–Crippen MR) is 56.5 cm³/mol. The number of carbonyl (C=O) groups excluding carboxylic acids is 1. The van der Waals surface area contributed by atoms with E-state index in [0.29, 0.717) is 5.69 Å². The lowest BCUT2D eigenvalue weighted by Gasteiger charge is -2.05. The van der Waals surface area contributed by atoms with Crippen molar-refractivity contribution in [1.29, 1.82) is 0 Å². The number of carbonyl (C=O) groups is 1. The van der Waals surface area contributed by atoms with E-state index >= 15 is 0 Å². The van der Waals surface area contributed by atoms with Gasteiger partial charge in [0.1, 0.15) is 5.69 Å². The summed E-state index contributed by atoms with van der Waals surface area (Å²) in [4.78, 5) is 16.1. The number of aromatic nitrogens is 1. The molecular formula is C10H14N2OS. The molecule has 1 aliphatic carbocycles. The summed E-state index contributed by atoms with van der Waals surface area (Å²) in [5, 5.41) is 2.80. The smallest absolute Gasteiger partial charge is 0.185 e. The third kappa shape index (κ3) is 1.86. The second-order valence-corrected chi connectivity index (χ2v) is 4.95. The number of rotatable bonds is 2. The van der Waals surface area contributed by atoms with Gasteiger partial charge in [0.25, 0.3) is 0 Å². The summed E-state index contributed by atoms with van der Waals surface area (Å²) >= 11 is 1.53. The van der Waals surface area contributed by atoms with Crippen molar-refractivity contribution in [1.82, 2.24) is 4.98 Å². The van der Waals surface area contributed by atoms with Crippen LogP contribution >= 0.6 is 11.3 Å². The van der Waals surface area contributed by atoms with Crippen LogP contribution < -0.4 is 5.73 Å². The number of nitrogens with two attached hydrogens (primary N) is 1. The number of ketones is 1. The van der Waals surface area contributed by atoms with E-state index in [9.17, 15) is 4.79 Å². The fourth-order valence-electron chi connectivity index (χ4n) is 1.94. The van der Waals surface area contributed by atoms with Crippen LogP contribution in [0, 0.1) is 12.8 Å². The zero-order valence-electron chi connectivity index (χ0n) is 8.19. The van der Waals surface area contributed by atoms with Gasteiger partial charge in [-0.25, -0.2) is 4.98 Å². The molecule has 2 atom stereocenters. The Morgan fingerprint density at radius 3 is 2.93 bits per heavy atom. The summed E-state index contributed by atoms with van der Waals surface area (Å²) in [6, 6.07) is 0.212. The minimum absolute atomic E-state index is 0.117. The summed E-state index contributed by atoms with van der Waals surface area (Å²) in [6.45, 7) is 1.92. The van der Waals surface area contributed by atoms with Gasteiger partial charge in [-0.1, -0.05) is 0 Å². The molecule has 1 aromatic rings. The molecule has 4 heteroatoms. The van der Waals surface area contributed by atoms with Gasteiger partial charge in [0.15, 0.2) is 5.78 Å². The SMILES string of the molecule is Cc1nc(C(=O)C2CCC(N)C2)cs1.